The van der Waals surface area contributed by atoms with Gasteiger partial charge < -0.3 is 10.0 Å². The average Bonchev–Trinajstić information content (AvgIpc) is 2.68. The van der Waals surface area contributed by atoms with Crippen LogP contribution in [0.4, 0.5) is 0 Å². The molecule has 14 heavy (non-hydrogen) atoms. The highest BCUT2D eigenvalue weighted by Gasteiger charge is 2.64. The first kappa shape index (κ1) is 9.49. The van der Waals surface area contributed by atoms with E-state index in [9.17, 15) is 9.59 Å². The molecule has 0 bridgehead atoms. The van der Waals surface area contributed by atoms with Gasteiger partial charge in [0.2, 0.25) is 5.91 Å². The van der Waals surface area contributed by atoms with E-state index in [0.29, 0.717) is 12.5 Å². The lowest BCUT2D eigenvalue weighted by Gasteiger charge is -2.21. The van der Waals surface area contributed by atoms with Crippen molar-refractivity contribution in [1.82, 2.24) is 4.90 Å². The third-order valence-corrected chi connectivity index (χ3v) is 3.07. The minimum atomic E-state index is -0.808. The van der Waals surface area contributed by atoms with E-state index in [1.54, 1.807) is 4.90 Å². The first-order valence-corrected chi connectivity index (χ1v) is 5.04. The number of hydrogen-bond donors (Lipinski definition) is 1. The predicted molar refractivity (Wildman–Crippen MR) is 49.5 cm³/mol. The summed E-state index contributed by atoms with van der Waals surface area (Å²) in [7, 11) is 0. The minimum Gasteiger partial charge on any atom is -0.481 e. The molecule has 3 atom stereocenters. The Morgan fingerprint density at radius 3 is 2.64 bits per heavy atom. The summed E-state index contributed by atoms with van der Waals surface area (Å²) in [5, 5.41) is 8.77. The molecule has 2 rings (SSSR count). The van der Waals surface area contributed by atoms with Gasteiger partial charge in [-0.2, -0.15) is 0 Å². The number of carboxylic acid groups (broad SMARTS) is 1. The summed E-state index contributed by atoms with van der Waals surface area (Å²) in [6.45, 7) is 5.54. The standard InChI is InChI=1S/C10H15NO3/c1-5(2)3-11-4-6-7(9(11)12)8(6)10(13)14/h5-8H,3-4H2,1-2H3,(H,13,14). The van der Waals surface area contributed by atoms with Crippen molar-refractivity contribution < 1.29 is 14.7 Å². The third kappa shape index (κ3) is 1.29. The van der Waals surface area contributed by atoms with Gasteiger partial charge >= 0.3 is 5.97 Å². The third-order valence-electron chi connectivity index (χ3n) is 3.07. The Hall–Kier alpha value is -1.06. The number of rotatable bonds is 3. The van der Waals surface area contributed by atoms with E-state index in [4.69, 9.17) is 5.11 Å². The van der Waals surface area contributed by atoms with Crippen molar-refractivity contribution in [2.24, 2.45) is 23.7 Å². The second-order valence-electron chi connectivity index (χ2n) is 4.69. The van der Waals surface area contributed by atoms with Crippen molar-refractivity contribution >= 4 is 11.9 Å². The van der Waals surface area contributed by atoms with E-state index in [1.807, 2.05) is 0 Å². The SMILES string of the molecule is CC(C)CN1CC2C(C(=O)O)C2C1=O. The first-order valence-electron chi connectivity index (χ1n) is 5.04. The Kier molecular flexibility index (Phi) is 2.01. The van der Waals surface area contributed by atoms with Crippen LogP contribution < -0.4 is 0 Å². The minimum absolute atomic E-state index is 0.0519. The maximum absolute atomic E-state index is 11.7. The molecule has 0 spiro atoms. The molecule has 0 aromatic rings. The Bertz CT molecular complexity index is 287. The van der Waals surface area contributed by atoms with Gasteiger partial charge in [-0.25, -0.2) is 0 Å². The molecule has 1 N–H and O–H groups in total. The lowest BCUT2D eigenvalue weighted by atomic mass is 10.2. The molecular weight excluding hydrogens is 182 g/mol. The summed E-state index contributed by atoms with van der Waals surface area (Å²) in [4.78, 5) is 24.1. The molecule has 4 nitrogen and oxygen atoms in total. The number of carbonyl (C=O) groups excluding carboxylic acids is 1. The van der Waals surface area contributed by atoms with Crippen LogP contribution in [0.15, 0.2) is 0 Å². The molecule has 2 fully saturated rings. The van der Waals surface area contributed by atoms with Gasteiger partial charge in [0.05, 0.1) is 11.8 Å². The quantitative estimate of drug-likeness (QED) is 0.713. The fourth-order valence-electron chi connectivity index (χ4n) is 2.44. The van der Waals surface area contributed by atoms with E-state index in [0.717, 1.165) is 6.54 Å². The second kappa shape index (κ2) is 2.97. The summed E-state index contributed by atoms with van der Waals surface area (Å²) >= 11 is 0. The molecule has 1 aliphatic carbocycles. The largest absolute Gasteiger partial charge is 0.481 e. The zero-order valence-electron chi connectivity index (χ0n) is 8.43. The van der Waals surface area contributed by atoms with E-state index in [1.165, 1.54) is 0 Å². The van der Waals surface area contributed by atoms with E-state index < -0.39 is 5.97 Å². The number of amides is 1. The highest BCUT2D eigenvalue weighted by Crippen LogP contribution is 2.52. The summed E-state index contributed by atoms with van der Waals surface area (Å²) in [6.07, 6.45) is 0. The number of likely N-dealkylation sites (tertiary alicyclic amines) is 1. The zero-order valence-corrected chi connectivity index (χ0v) is 8.43. The Morgan fingerprint density at radius 2 is 2.29 bits per heavy atom. The van der Waals surface area contributed by atoms with Crippen LogP contribution in [0, 0.1) is 23.7 Å². The zero-order chi connectivity index (χ0) is 10.5. The van der Waals surface area contributed by atoms with Crippen LogP contribution >= 0.6 is 0 Å². The van der Waals surface area contributed by atoms with Gasteiger partial charge in [0, 0.05) is 19.0 Å². The number of nitrogens with zero attached hydrogens (tertiary/aromatic N) is 1. The molecule has 0 aromatic carbocycles. The second-order valence-corrected chi connectivity index (χ2v) is 4.69. The van der Waals surface area contributed by atoms with Gasteiger partial charge in [0.25, 0.3) is 0 Å². The van der Waals surface area contributed by atoms with Crippen molar-refractivity contribution in [3.63, 3.8) is 0 Å². The molecule has 2 aliphatic rings. The molecule has 1 heterocycles. The van der Waals surface area contributed by atoms with Crippen molar-refractivity contribution in [2.45, 2.75) is 13.8 Å². The highest BCUT2D eigenvalue weighted by atomic mass is 16.4. The molecule has 0 aromatic heterocycles. The normalized spacial score (nSPS) is 34.9. The van der Waals surface area contributed by atoms with Gasteiger partial charge in [-0.1, -0.05) is 13.8 Å². The summed E-state index contributed by atoms with van der Waals surface area (Å²) in [5.41, 5.74) is 0. The number of carboxylic acids is 1. The number of carbonyl (C=O) groups is 2. The van der Waals surface area contributed by atoms with Crippen LogP contribution in [-0.4, -0.2) is 35.0 Å². The molecule has 78 valence electrons. The number of piperidine rings is 1. The fourth-order valence-corrected chi connectivity index (χ4v) is 2.44. The molecule has 1 saturated carbocycles. The van der Waals surface area contributed by atoms with Crippen LogP contribution in [-0.2, 0) is 9.59 Å². The van der Waals surface area contributed by atoms with E-state index in [2.05, 4.69) is 13.8 Å². The van der Waals surface area contributed by atoms with Crippen molar-refractivity contribution in [3.05, 3.63) is 0 Å². The molecule has 3 unspecified atom stereocenters. The monoisotopic (exact) mass is 197 g/mol. The molecule has 4 heteroatoms. The predicted octanol–water partition coefficient (Wildman–Crippen LogP) is 0.431. The summed E-state index contributed by atoms with van der Waals surface area (Å²) in [6, 6.07) is 0. The number of fused-ring (bicyclic) bond motifs is 1. The topological polar surface area (TPSA) is 57.6 Å². The smallest absolute Gasteiger partial charge is 0.307 e. The number of aliphatic carboxylic acids is 1. The van der Waals surface area contributed by atoms with Crippen LogP contribution in [0.25, 0.3) is 0 Å². The Labute approximate surface area is 82.9 Å². The first-order chi connectivity index (χ1) is 6.52. The van der Waals surface area contributed by atoms with Crippen molar-refractivity contribution in [2.75, 3.05) is 13.1 Å². The van der Waals surface area contributed by atoms with Gasteiger partial charge in [-0.05, 0) is 5.92 Å². The highest BCUT2D eigenvalue weighted by molar-refractivity contribution is 5.93. The van der Waals surface area contributed by atoms with Crippen LogP contribution in [0.3, 0.4) is 0 Å². The van der Waals surface area contributed by atoms with Crippen LogP contribution in [0.5, 0.6) is 0 Å². The summed E-state index contributed by atoms with van der Waals surface area (Å²) < 4.78 is 0. The van der Waals surface area contributed by atoms with Gasteiger partial charge in [-0.15, -0.1) is 0 Å². The molecule has 1 amide bonds. The lowest BCUT2D eigenvalue weighted by Crippen LogP contribution is -2.34. The van der Waals surface area contributed by atoms with E-state index in [-0.39, 0.29) is 23.7 Å². The fraction of sp³-hybridized carbons (Fsp3) is 0.800. The van der Waals surface area contributed by atoms with Gasteiger partial charge in [-0.3, -0.25) is 9.59 Å². The molecule has 1 aliphatic heterocycles. The van der Waals surface area contributed by atoms with Crippen LogP contribution in [0.2, 0.25) is 0 Å². The Morgan fingerprint density at radius 1 is 1.64 bits per heavy atom. The Balaban J connectivity index is 1.95. The number of hydrogen-bond acceptors (Lipinski definition) is 2. The van der Waals surface area contributed by atoms with Crippen LogP contribution in [0.1, 0.15) is 13.8 Å². The maximum Gasteiger partial charge on any atom is 0.307 e. The van der Waals surface area contributed by atoms with Gasteiger partial charge in [0.15, 0.2) is 0 Å². The average molecular weight is 197 g/mol. The van der Waals surface area contributed by atoms with Crippen molar-refractivity contribution in [3.8, 4) is 0 Å². The van der Waals surface area contributed by atoms with Gasteiger partial charge in [0.1, 0.15) is 0 Å². The molecular formula is C10H15NO3. The lowest BCUT2D eigenvalue weighted by molar-refractivity contribution is -0.142. The summed E-state index contributed by atoms with van der Waals surface area (Å²) in [5.74, 6) is -0.788. The molecule has 0 radical (unpaired) electrons. The van der Waals surface area contributed by atoms with E-state index >= 15 is 0 Å². The van der Waals surface area contributed by atoms with Crippen molar-refractivity contribution in [1.29, 1.82) is 0 Å². The molecule has 1 saturated heterocycles. The maximum atomic E-state index is 11.7.